The van der Waals surface area contributed by atoms with Gasteiger partial charge in [0.15, 0.2) is 5.78 Å². The van der Waals surface area contributed by atoms with E-state index >= 15 is 0 Å². The summed E-state index contributed by atoms with van der Waals surface area (Å²) >= 11 is 0. The van der Waals surface area contributed by atoms with Crippen LogP contribution in [0.5, 0.6) is 5.75 Å². The molecule has 0 saturated carbocycles. The normalized spacial score (nSPS) is 18.1. The third kappa shape index (κ3) is 1.78. The molecule has 1 atom stereocenters. The van der Waals surface area contributed by atoms with Gasteiger partial charge in [-0.1, -0.05) is 6.07 Å². The number of hydrogen-bond donors (Lipinski definition) is 0. The first-order chi connectivity index (χ1) is 7.61. The molecule has 0 saturated heterocycles. The predicted octanol–water partition coefficient (Wildman–Crippen LogP) is 1.89. The Morgan fingerprint density at radius 2 is 2.19 bits per heavy atom. The van der Waals surface area contributed by atoms with E-state index in [-0.39, 0.29) is 18.2 Å². The molecule has 1 aliphatic carbocycles. The molecule has 16 heavy (non-hydrogen) atoms. The van der Waals surface area contributed by atoms with E-state index < -0.39 is 6.10 Å². The number of methoxy groups -OCH3 is 1. The van der Waals surface area contributed by atoms with E-state index in [0.29, 0.717) is 11.3 Å². The van der Waals surface area contributed by atoms with Crippen LogP contribution < -0.4 is 4.74 Å². The molecule has 0 aromatic heterocycles. The monoisotopic (exact) mass is 220 g/mol. The van der Waals surface area contributed by atoms with Crippen molar-refractivity contribution >= 4 is 11.8 Å². The van der Waals surface area contributed by atoms with Gasteiger partial charge in [-0.05, 0) is 12.1 Å². The van der Waals surface area contributed by atoms with Crippen LogP contribution in [-0.4, -0.2) is 18.9 Å². The van der Waals surface area contributed by atoms with E-state index in [4.69, 9.17) is 9.47 Å². The zero-order valence-electron chi connectivity index (χ0n) is 9.15. The van der Waals surface area contributed by atoms with E-state index in [9.17, 15) is 9.59 Å². The highest BCUT2D eigenvalue weighted by molar-refractivity contribution is 6.01. The van der Waals surface area contributed by atoms with Crippen LogP contribution in [-0.2, 0) is 9.53 Å². The van der Waals surface area contributed by atoms with Gasteiger partial charge in [-0.2, -0.15) is 0 Å². The van der Waals surface area contributed by atoms with E-state index in [0.717, 1.165) is 5.56 Å². The second-order valence-corrected chi connectivity index (χ2v) is 3.68. The fourth-order valence-corrected chi connectivity index (χ4v) is 1.88. The van der Waals surface area contributed by atoms with Crippen molar-refractivity contribution in [1.82, 2.24) is 0 Å². The van der Waals surface area contributed by atoms with Crippen molar-refractivity contribution in [3.05, 3.63) is 29.3 Å². The highest BCUT2D eigenvalue weighted by atomic mass is 16.5. The maximum absolute atomic E-state index is 11.7. The first-order valence-corrected chi connectivity index (χ1v) is 5.00. The number of fused-ring (bicyclic) bond motifs is 1. The minimum atomic E-state index is -0.439. The van der Waals surface area contributed by atoms with Crippen LogP contribution in [0.2, 0.25) is 0 Å². The zero-order chi connectivity index (χ0) is 11.7. The standard InChI is InChI=1S/C12H12O4/c1-7(13)16-12-6-11(14)10-5-8(15-2)3-4-9(10)12/h3-5,12H,6H2,1-2H3. The summed E-state index contributed by atoms with van der Waals surface area (Å²) in [5, 5.41) is 0. The highest BCUT2D eigenvalue weighted by Gasteiger charge is 2.31. The fourth-order valence-electron chi connectivity index (χ4n) is 1.88. The number of ether oxygens (including phenoxy) is 2. The molecule has 0 aliphatic heterocycles. The Morgan fingerprint density at radius 3 is 2.81 bits per heavy atom. The van der Waals surface area contributed by atoms with Gasteiger partial charge in [-0.3, -0.25) is 9.59 Å². The number of esters is 1. The SMILES string of the molecule is COc1ccc2c(c1)C(=O)CC2OC(C)=O. The van der Waals surface area contributed by atoms with Crippen molar-refractivity contribution in [3.63, 3.8) is 0 Å². The Labute approximate surface area is 93.2 Å². The van der Waals surface area contributed by atoms with Gasteiger partial charge in [0.05, 0.1) is 13.5 Å². The molecule has 1 aromatic rings. The molecule has 0 heterocycles. The molecule has 1 aliphatic rings. The van der Waals surface area contributed by atoms with Gasteiger partial charge in [0.2, 0.25) is 0 Å². The van der Waals surface area contributed by atoms with Crippen molar-refractivity contribution in [1.29, 1.82) is 0 Å². The van der Waals surface area contributed by atoms with Crippen LogP contribution in [0, 0.1) is 0 Å². The Hall–Kier alpha value is -1.84. The molecular formula is C12H12O4. The van der Waals surface area contributed by atoms with Crippen LogP contribution in [0.1, 0.15) is 35.4 Å². The van der Waals surface area contributed by atoms with Crippen molar-refractivity contribution in [2.75, 3.05) is 7.11 Å². The van der Waals surface area contributed by atoms with Gasteiger partial charge >= 0.3 is 5.97 Å². The predicted molar refractivity (Wildman–Crippen MR) is 56.4 cm³/mol. The zero-order valence-corrected chi connectivity index (χ0v) is 9.15. The van der Waals surface area contributed by atoms with E-state index in [1.165, 1.54) is 6.92 Å². The second-order valence-electron chi connectivity index (χ2n) is 3.68. The molecule has 0 fully saturated rings. The van der Waals surface area contributed by atoms with Gasteiger partial charge in [0, 0.05) is 18.1 Å². The molecule has 1 unspecified atom stereocenters. The molecule has 0 radical (unpaired) electrons. The lowest BCUT2D eigenvalue weighted by atomic mass is 10.1. The lowest BCUT2D eigenvalue weighted by Crippen LogP contribution is -2.05. The molecule has 0 spiro atoms. The quantitative estimate of drug-likeness (QED) is 0.714. The molecular weight excluding hydrogens is 208 g/mol. The maximum atomic E-state index is 11.7. The van der Waals surface area contributed by atoms with Crippen LogP contribution in [0.3, 0.4) is 0 Å². The molecule has 4 nitrogen and oxygen atoms in total. The number of hydrogen-bond acceptors (Lipinski definition) is 4. The Balaban J connectivity index is 2.36. The second kappa shape index (κ2) is 3.96. The van der Waals surface area contributed by atoms with Gasteiger partial charge in [0.1, 0.15) is 11.9 Å². The molecule has 84 valence electrons. The van der Waals surface area contributed by atoms with Crippen LogP contribution in [0.15, 0.2) is 18.2 Å². The van der Waals surface area contributed by atoms with E-state index in [1.54, 1.807) is 25.3 Å². The molecule has 0 bridgehead atoms. The largest absolute Gasteiger partial charge is 0.497 e. The Kier molecular flexibility index (Phi) is 2.64. The maximum Gasteiger partial charge on any atom is 0.303 e. The lowest BCUT2D eigenvalue weighted by molar-refractivity contribution is -0.146. The Bertz CT molecular complexity index is 450. The third-order valence-electron chi connectivity index (χ3n) is 2.59. The topological polar surface area (TPSA) is 52.6 Å². The summed E-state index contributed by atoms with van der Waals surface area (Å²) in [7, 11) is 1.55. The van der Waals surface area contributed by atoms with Crippen molar-refractivity contribution in [3.8, 4) is 5.75 Å². The summed E-state index contributed by atoms with van der Waals surface area (Å²) in [5.41, 5.74) is 1.35. The number of Topliss-reactive ketones (excluding diaryl/α,β-unsaturated/α-hetero) is 1. The number of ketones is 1. The first-order valence-electron chi connectivity index (χ1n) is 5.00. The Morgan fingerprint density at radius 1 is 1.44 bits per heavy atom. The van der Waals surface area contributed by atoms with Crippen LogP contribution in [0.4, 0.5) is 0 Å². The first kappa shape index (κ1) is 10.7. The average molecular weight is 220 g/mol. The number of benzene rings is 1. The molecule has 0 amide bonds. The molecule has 2 rings (SSSR count). The minimum absolute atomic E-state index is 0.0137. The third-order valence-corrected chi connectivity index (χ3v) is 2.59. The summed E-state index contributed by atoms with van der Waals surface area (Å²) in [6.07, 6.45) is -0.215. The highest BCUT2D eigenvalue weighted by Crippen LogP contribution is 2.35. The van der Waals surface area contributed by atoms with Gasteiger partial charge in [-0.25, -0.2) is 0 Å². The smallest absolute Gasteiger partial charge is 0.303 e. The van der Waals surface area contributed by atoms with Gasteiger partial charge in [-0.15, -0.1) is 0 Å². The molecule has 1 aromatic carbocycles. The van der Waals surface area contributed by atoms with Gasteiger partial charge in [0.25, 0.3) is 0 Å². The van der Waals surface area contributed by atoms with Crippen LogP contribution >= 0.6 is 0 Å². The number of rotatable bonds is 2. The minimum Gasteiger partial charge on any atom is -0.497 e. The summed E-state index contributed by atoms with van der Waals surface area (Å²) in [4.78, 5) is 22.6. The summed E-state index contributed by atoms with van der Waals surface area (Å²) in [6.45, 7) is 1.34. The molecule has 0 N–H and O–H groups in total. The van der Waals surface area contributed by atoms with Crippen LogP contribution in [0.25, 0.3) is 0 Å². The van der Waals surface area contributed by atoms with E-state index in [1.807, 2.05) is 0 Å². The van der Waals surface area contributed by atoms with Crippen molar-refractivity contribution in [2.45, 2.75) is 19.4 Å². The van der Waals surface area contributed by atoms with Gasteiger partial charge < -0.3 is 9.47 Å². The number of carbonyl (C=O) groups excluding carboxylic acids is 2. The van der Waals surface area contributed by atoms with E-state index in [2.05, 4.69) is 0 Å². The summed E-state index contributed by atoms with van der Waals surface area (Å²) in [6, 6.07) is 5.21. The summed E-state index contributed by atoms with van der Waals surface area (Å²) < 4.78 is 10.1. The average Bonchev–Trinajstić information content (AvgIpc) is 2.54. The summed E-state index contributed by atoms with van der Waals surface area (Å²) in [5.74, 6) is 0.247. The van der Waals surface area contributed by atoms with Crippen molar-refractivity contribution in [2.24, 2.45) is 0 Å². The molecule has 4 heteroatoms. The van der Waals surface area contributed by atoms with Crippen molar-refractivity contribution < 1.29 is 19.1 Å². The number of carbonyl (C=O) groups is 2. The fraction of sp³-hybridized carbons (Fsp3) is 0.333. The lowest BCUT2D eigenvalue weighted by Gasteiger charge is -2.10.